The highest BCUT2D eigenvalue weighted by Gasteiger charge is 2.51. The van der Waals surface area contributed by atoms with Crippen molar-refractivity contribution in [3.05, 3.63) is 222 Å². The van der Waals surface area contributed by atoms with Crippen LogP contribution in [0.15, 0.2) is 204 Å². The first-order valence-electron chi connectivity index (χ1n) is 19.4. The zero-order valence-electron chi connectivity index (χ0n) is 31.3. The van der Waals surface area contributed by atoms with Gasteiger partial charge in [-0.25, -0.2) is 15.0 Å². The summed E-state index contributed by atoms with van der Waals surface area (Å²) in [4.78, 5) is 17.5. The number of aromatic nitrogens is 3. The van der Waals surface area contributed by atoms with Crippen LogP contribution in [0.2, 0.25) is 0 Å². The quantitative estimate of drug-likeness (QED) is 0.164. The van der Waals surface area contributed by atoms with Crippen molar-refractivity contribution in [1.29, 1.82) is 0 Å². The minimum atomic E-state index is -0.535. The van der Waals surface area contributed by atoms with Crippen molar-refractivity contribution in [1.82, 2.24) is 15.0 Å². The molecule has 0 radical (unpaired) electrons. The fraction of sp³-hybridized carbons (Fsp3) is 0.0185. The van der Waals surface area contributed by atoms with Crippen molar-refractivity contribution in [2.75, 3.05) is 0 Å². The molecular weight excluding hydrogens is 723 g/mol. The SMILES string of the molecule is C#Cc1ccccc1-c1cccc2c1-c1c(-c3ccc(-c4nc(-c5ccccc5)nc(-c5ccccc5)n4)cc3)cccc1C21c2ccccc2Sc2ccccc21. The maximum absolute atomic E-state index is 6.19. The van der Waals surface area contributed by atoms with Crippen LogP contribution in [-0.4, -0.2) is 15.0 Å². The summed E-state index contributed by atoms with van der Waals surface area (Å²) in [7, 11) is 0. The number of hydrogen-bond donors (Lipinski definition) is 0. The highest BCUT2D eigenvalue weighted by Crippen LogP contribution is 2.64. The molecule has 0 saturated heterocycles. The van der Waals surface area contributed by atoms with Gasteiger partial charge >= 0.3 is 0 Å². The molecule has 2 aliphatic rings. The molecule has 4 heteroatoms. The molecule has 3 nitrogen and oxygen atoms in total. The van der Waals surface area contributed by atoms with E-state index in [1.54, 1.807) is 0 Å². The molecule has 0 N–H and O–H groups in total. The predicted molar refractivity (Wildman–Crippen MR) is 236 cm³/mol. The van der Waals surface area contributed by atoms with E-state index >= 15 is 0 Å². The Bertz CT molecular complexity index is 2990. The molecule has 8 aromatic carbocycles. The molecule has 2 heterocycles. The summed E-state index contributed by atoms with van der Waals surface area (Å²) in [5.41, 5.74) is 15.2. The molecule has 0 unspecified atom stereocenters. The summed E-state index contributed by atoms with van der Waals surface area (Å²) in [5.74, 6) is 4.90. The van der Waals surface area contributed by atoms with Gasteiger partial charge in [-0.15, -0.1) is 6.42 Å². The van der Waals surface area contributed by atoms with Gasteiger partial charge in [-0.1, -0.05) is 194 Å². The Morgan fingerprint density at radius 3 is 1.34 bits per heavy atom. The Morgan fingerprint density at radius 1 is 0.362 bits per heavy atom. The van der Waals surface area contributed by atoms with Crippen molar-refractivity contribution in [2.24, 2.45) is 0 Å². The molecule has 0 atom stereocenters. The Balaban J connectivity index is 1.14. The lowest BCUT2D eigenvalue weighted by Crippen LogP contribution is -2.31. The summed E-state index contributed by atoms with van der Waals surface area (Å²) in [6.07, 6.45) is 6.19. The molecule has 0 amide bonds. The van der Waals surface area contributed by atoms with Crippen molar-refractivity contribution in [3.63, 3.8) is 0 Å². The van der Waals surface area contributed by atoms with Gasteiger partial charge in [-0.2, -0.15) is 0 Å². The van der Waals surface area contributed by atoms with Crippen LogP contribution in [0.4, 0.5) is 0 Å². The molecule has 0 bridgehead atoms. The molecule has 1 spiro atoms. The first-order chi connectivity index (χ1) is 28.7. The second-order valence-electron chi connectivity index (χ2n) is 14.6. The van der Waals surface area contributed by atoms with E-state index in [0.717, 1.165) is 44.5 Å². The average molecular weight is 756 g/mol. The number of benzene rings is 8. The summed E-state index contributed by atoms with van der Waals surface area (Å²) in [5, 5.41) is 0. The minimum absolute atomic E-state index is 0.535. The molecule has 9 aromatic rings. The number of fused-ring (bicyclic) bond motifs is 9. The Morgan fingerprint density at radius 2 is 0.776 bits per heavy atom. The lowest BCUT2D eigenvalue weighted by Gasteiger charge is -2.39. The highest BCUT2D eigenvalue weighted by molar-refractivity contribution is 7.99. The topological polar surface area (TPSA) is 38.7 Å². The van der Waals surface area contributed by atoms with Gasteiger partial charge in [0.05, 0.1) is 5.41 Å². The number of hydrogen-bond acceptors (Lipinski definition) is 4. The zero-order chi connectivity index (χ0) is 38.6. The van der Waals surface area contributed by atoms with Crippen molar-refractivity contribution in [2.45, 2.75) is 15.2 Å². The summed E-state index contributed by atoms with van der Waals surface area (Å²) < 4.78 is 0. The average Bonchev–Trinajstić information content (AvgIpc) is 3.60. The maximum Gasteiger partial charge on any atom is 0.164 e. The summed E-state index contributed by atoms with van der Waals surface area (Å²) >= 11 is 1.86. The normalized spacial score (nSPS) is 12.9. The van der Waals surface area contributed by atoms with Gasteiger partial charge in [0.1, 0.15) is 0 Å². The van der Waals surface area contributed by atoms with E-state index in [0.29, 0.717) is 17.5 Å². The van der Waals surface area contributed by atoms with Crippen LogP contribution in [-0.2, 0) is 5.41 Å². The second kappa shape index (κ2) is 13.7. The van der Waals surface area contributed by atoms with Gasteiger partial charge in [0.25, 0.3) is 0 Å². The second-order valence-corrected chi connectivity index (χ2v) is 15.7. The van der Waals surface area contributed by atoms with E-state index in [1.807, 2.05) is 84.6 Å². The Kier molecular flexibility index (Phi) is 8.03. The van der Waals surface area contributed by atoms with E-state index in [1.165, 1.54) is 43.2 Å². The van der Waals surface area contributed by atoms with E-state index in [2.05, 4.69) is 127 Å². The molecule has 0 fully saturated rings. The Hall–Kier alpha value is -7.32. The van der Waals surface area contributed by atoms with Crippen LogP contribution in [0.1, 0.15) is 27.8 Å². The number of nitrogens with zero attached hydrogens (tertiary/aromatic N) is 3. The first kappa shape index (κ1) is 34.0. The van der Waals surface area contributed by atoms with Crippen molar-refractivity contribution >= 4 is 11.8 Å². The first-order valence-corrected chi connectivity index (χ1v) is 20.2. The third-order valence-corrected chi connectivity index (χ3v) is 12.7. The van der Waals surface area contributed by atoms with E-state index < -0.39 is 5.41 Å². The summed E-state index contributed by atoms with van der Waals surface area (Å²) in [6, 6.07) is 68.7. The van der Waals surface area contributed by atoms with Crippen molar-refractivity contribution < 1.29 is 0 Å². The molecular formula is C54H33N3S. The van der Waals surface area contributed by atoms with E-state index in [4.69, 9.17) is 21.4 Å². The van der Waals surface area contributed by atoms with Crippen LogP contribution in [0, 0.1) is 12.3 Å². The molecule has 11 rings (SSSR count). The standard InChI is InChI=1S/C54H33N3S/c1-2-35-17-9-10-22-40(35)42-24-16-28-46-50(42)49-41(23-15-27-45(49)54(46)43-25-11-13-29-47(43)58-48-30-14-12-26-44(48)54)36-31-33-39(34-32-36)53-56-51(37-18-5-3-6-19-37)55-52(57-53)38-20-7-4-8-21-38/h1,3-34H. The smallest absolute Gasteiger partial charge is 0.164 e. The van der Waals surface area contributed by atoms with Crippen LogP contribution in [0.25, 0.3) is 67.5 Å². The van der Waals surface area contributed by atoms with Crippen LogP contribution >= 0.6 is 11.8 Å². The molecule has 1 aromatic heterocycles. The van der Waals surface area contributed by atoms with Crippen LogP contribution in [0.3, 0.4) is 0 Å². The fourth-order valence-electron chi connectivity index (χ4n) is 9.03. The minimum Gasteiger partial charge on any atom is -0.208 e. The zero-order valence-corrected chi connectivity index (χ0v) is 32.1. The van der Waals surface area contributed by atoms with Crippen LogP contribution < -0.4 is 0 Å². The van der Waals surface area contributed by atoms with Gasteiger partial charge in [0, 0.05) is 32.0 Å². The van der Waals surface area contributed by atoms with Crippen LogP contribution in [0.5, 0.6) is 0 Å². The fourth-order valence-corrected chi connectivity index (χ4v) is 10.2. The monoisotopic (exact) mass is 755 g/mol. The van der Waals surface area contributed by atoms with Crippen molar-refractivity contribution in [3.8, 4) is 79.9 Å². The molecule has 1 aliphatic carbocycles. The van der Waals surface area contributed by atoms with Gasteiger partial charge < -0.3 is 0 Å². The van der Waals surface area contributed by atoms with E-state index in [9.17, 15) is 0 Å². The third kappa shape index (κ3) is 5.21. The lowest BCUT2D eigenvalue weighted by molar-refractivity contribution is 0.722. The Labute approximate surface area is 342 Å². The largest absolute Gasteiger partial charge is 0.208 e. The van der Waals surface area contributed by atoms with Gasteiger partial charge in [0.15, 0.2) is 17.5 Å². The lowest BCUT2D eigenvalue weighted by atomic mass is 9.67. The molecule has 58 heavy (non-hydrogen) atoms. The molecule has 0 saturated carbocycles. The molecule has 270 valence electrons. The highest BCUT2D eigenvalue weighted by atomic mass is 32.2. The summed E-state index contributed by atoms with van der Waals surface area (Å²) in [6.45, 7) is 0. The van der Waals surface area contributed by atoms with E-state index in [-0.39, 0.29) is 0 Å². The van der Waals surface area contributed by atoms with Gasteiger partial charge in [0.2, 0.25) is 0 Å². The predicted octanol–water partition coefficient (Wildman–Crippen LogP) is 13.0. The number of rotatable bonds is 5. The number of terminal acetylenes is 1. The maximum atomic E-state index is 6.19. The molecule has 1 aliphatic heterocycles. The van der Waals surface area contributed by atoms with Gasteiger partial charge in [-0.3, -0.25) is 0 Å². The van der Waals surface area contributed by atoms with Gasteiger partial charge in [-0.05, 0) is 73.8 Å². The third-order valence-electron chi connectivity index (χ3n) is 11.5.